The number of carbonyl (C=O) groups excluding carboxylic acids is 3. The van der Waals surface area contributed by atoms with Crippen molar-refractivity contribution >= 4 is 30.2 Å². The molecule has 0 bridgehead atoms. The number of amides is 2. The molecule has 3 rings (SSSR count). The van der Waals surface area contributed by atoms with Crippen LogP contribution >= 0.6 is 11.9 Å². The molecule has 7 nitrogen and oxygen atoms in total. The van der Waals surface area contributed by atoms with Crippen LogP contribution in [0.2, 0.25) is 0 Å². The molecule has 0 radical (unpaired) electrons. The molecular weight excluding hydrogens is 380 g/mol. The Morgan fingerprint density at radius 2 is 1.89 bits per heavy atom. The first-order valence-electron chi connectivity index (χ1n) is 8.67. The van der Waals surface area contributed by atoms with E-state index in [2.05, 4.69) is 10.0 Å². The number of hydrogen-bond donors (Lipinski definition) is 3. The van der Waals surface area contributed by atoms with Gasteiger partial charge in [-0.3, -0.25) is 14.3 Å². The Balaban J connectivity index is 1.97. The van der Waals surface area contributed by atoms with Crippen LogP contribution in [0.4, 0.5) is 4.79 Å². The van der Waals surface area contributed by atoms with Crippen LogP contribution in [0.5, 0.6) is 0 Å². The second-order valence-corrected chi connectivity index (χ2v) is 6.82. The topological polar surface area (TPSA) is 105 Å². The Bertz CT molecular complexity index is 915. The first-order chi connectivity index (χ1) is 13.6. The number of hydrogen-bond acceptors (Lipinski definition) is 6. The molecule has 0 spiro atoms. The lowest BCUT2D eigenvalue weighted by Gasteiger charge is -2.15. The van der Waals surface area contributed by atoms with E-state index in [9.17, 15) is 14.4 Å². The fourth-order valence-electron chi connectivity index (χ4n) is 3.32. The average molecular weight is 400 g/mol. The fraction of sp³-hybridized carbons (Fsp3) is 0.250. The molecule has 1 aliphatic rings. The van der Waals surface area contributed by atoms with Crippen LogP contribution in [0.1, 0.15) is 37.8 Å². The second kappa shape index (κ2) is 8.90. The molecule has 0 heterocycles. The molecule has 1 aliphatic carbocycles. The zero-order valence-electron chi connectivity index (χ0n) is 15.2. The molecule has 0 aromatic heterocycles. The third kappa shape index (κ3) is 4.02. The Morgan fingerprint density at radius 3 is 2.57 bits per heavy atom. The van der Waals surface area contributed by atoms with Crippen LogP contribution < -0.4 is 10.0 Å². The lowest BCUT2D eigenvalue weighted by molar-refractivity contribution is 0.0944. The highest BCUT2D eigenvalue weighted by Crippen LogP contribution is 2.45. The fourth-order valence-corrected chi connectivity index (χ4v) is 3.54. The van der Waals surface area contributed by atoms with Gasteiger partial charge in [0.2, 0.25) is 0 Å². The SMILES string of the molecule is CSNC(=O)OCC1c2cc(C=O)ccc2-c2ccc(C(=O)NCCO)cc21. The van der Waals surface area contributed by atoms with Gasteiger partial charge in [-0.05, 0) is 40.5 Å². The molecule has 0 saturated heterocycles. The quantitative estimate of drug-likeness (QED) is 0.487. The van der Waals surface area contributed by atoms with Gasteiger partial charge >= 0.3 is 6.09 Å². The highest BCUT2D eigenvalue weighted by Gasteiger charge is 2.31. The van der Waals surface area contributed by atoms with Gasteiger partial charge in [0, 0.05) is 29.8 Å². The van der Waals surface area contributed by atoms with Gasteiger partial charge in [-0.15, -0.1) is 0 Å². The predicted molar refractivity (Wildman–Crippen MR) is 107 cm³/mol. The third-order valence-electron chi connectivity index (χ3n) is 4.53. The second-order valence-electron chi connectivity index (χ2n) is 6.20. The highest BCUT2D eigenvalue weighted by molar-refractivity contribution is 7.97. The number of benzene rings is 2. The maximum atomic E-state index is 12.3. The van der Waals surface area contributed by atoms with Crippen molar-refractivity contribution in [2.45, 2.75) is 5.92 Å². The van der Waals surface area contributed by atoms with Gasteiger partial charge in [-0.2, -0.15) is 0 Å². The molecule has 2 amide bonds. The minimum absolute atomic E-state index is 0.0798. The van der Waals surface area contributed by atoms with E-state index in [-0.39, 0.29) is 31.6 Å². The molecule has 0 fully saturated rings. The number of nitrogens with one attached hydrogen (secondary N) is 2. The van der Waals surface area contributed by atoms with Gasteiger partial charge in [0.1, 0.15) is 12.9 Å². The first kappa shape index (κ1) is 19.9. The number of carbonyl (C=O) groups is 3. The lowest BCUT2D eigenvalue weighted by atomic mass is 9.95. The standard InChI is InChI=1S/C20H20N2O5S/c1-28-22-20(26)27-11-18-16-8-12(10-24)2-4-14(16)15-5-3-13(9-17(15)18)19(25)21-6-7-23/h2-5,8-10,18,23H,6-7,11H2,1H3,(H,21,25)(H,22,26). The number of rotatable bonds is 7. The van der Waals surface area contributed by atoms with Crippen molar-refractivity contribution in [2.75, 3.05) is 26.0 Å². The van der Waals surface area contributed by atoms with Crippen LogP contribution in [0, 0.1) is 0 Å². The van der Waals surface area contributed by atoms with E-state index in [4.69, 9.17) is 9.84 Å². The largest absolute Gasteiger partial charge is 0.448 e. The summed E-state index contributed by atoms with van der Waals surface area (Å²) in [5, 5.41) is 11.5. The van der Waals surface area contributed by atoms with Crippen molar-refractivity contribution in [3.8, 4) is 11.1 Å². The van der Waals surface area contributed by atoms with E-state index >= 15 is 0 Å². The van der Waals surface area contributed by atoms with Crippen LogP contribution in [-0.2, 0) is 4.74 Å². The van der Waals surface area contributed by atoms with E-state index in [0.717, 1.165) is 40.5 Å². The van der Waals surface area contributed by atoms with Crippen molar-refractivity contribution in [2.24, 2.45) is 0 Å². The predicted octanol–water partition coefficient (Wildman–Crippen LogP) is 2.34. The van der Waals surface area contributed by atoms with Crippen LogP contribution in [0.15, 0.2) is 36.4 Å². The number of aliphatic hydroxyl groups excluding tert-OH is 1. The van der Waals surface area contributed by atoms with Gasteiger partial charge in [-0.25, -0.2) is 4.79 Å². The normalized spacial score (nSPS) is 14.0. The number of fused-ring (bicyclic) bond motifs is 3. The van der Waals surface area contributed by atoms with E-state index in [1.807, 2.05) is 12.1 Å². The molecule has 3 N–H and O–H groups in total. The summed E-state index contributed by atoms with van der Waals surface area (Å²) in [7, 11) is 0. The minimum atomic E-state index is -0.550. The molecule has 0 saturated carbocycles. The molecule has 1 atom stereocenters. The van der Waals surface area contributed by atoms with Crippen LogP contribution in [0.3, 0.4) is 0 Å². The number of aldehydes is 1. The summed E-state index contributed by atoms with van der Waals surface area (Å²) >= 11 is 1.14. The zero-order chi connectivity index (χ0) is 20.1. The van der Waals surface area contributed by atoms with Gasteiger partial charge in [0.15, 0.2) is 0 Å². The van der Waals surface area contributed by atoms with E-state index in [1.54, 1.807) is 30.5 Å². The lowest BCUT2D eigenvalue weighted by Crippen LogP contribution is -2.26. The average Bonchev–Trinajstić information content (AvgIpc) is 3.02. The first-order valence-corrected chi connectivity index (χ1v) is 9.89. The van der Waals surface area contributed by atoms with Crippen molar-refractivity contribution in [3.05, 3.63) is 58.7 Å². The minimum Gasteiger partial charge on any atom is -0.448 e. The van der Waals surface area contributed by atoms with Crippen molar-refractivity contribution < 1.29 is 24.2 Å². The Morgan fingerprint density at radius 1 is 1.18 bits per heavy atom. The van der Waals surface area contributed by atoms with Crippen LogP contribution in [0.25, 0.3) is 11.1 Å². The molecule has 146 valence electrons. The van der Waals surface area contributed by atoms with Gasteiger partial charge in [-0.1, -0.05) is 30.1 Å². The summed E-state index contributed by atoms with van der Waals surface area (Å²) < 4.78 is 7.83. The van der Waals surface area contributed by atoms with E-state index in [1.165, 1.54) is 0 Å². The Hall–Kier alpha value is -2.84. The number of ether oxygens (including phenoxy) is 1. The Labute approximate surface area is 166 Å². The summed E-state index contributed by atoms with van der Waals surface area (Å²) in [6.07, 6.45) is 1.94. The van der Waals surface area contributed by atoms with Crippen molar-refractivity contribution in [1.82, 2.24) is 10.0 Å². The third-order valence-corrected chi connectivity index (χ3v) is 4.90. The smallest absolute Gasteiger partial charge is 0.417 e. The van der Waals surface area contributed by atoms with E-state index in [0.29, 0.717) is 11.1 Å². The summed E-state index contributed by atoms with van der Waals surface area (Å²) in [5.41, 5.74) is 4.60. The van der Waals surface area contributed by atoms with Crippen molar-refractivity contribution in [3.63, 3.8) is 0 Å². The van der Waals surface area contributed by atoms with Gasteiger partial charge < -0.3 is 15.2 Å². The van der Waals surface area contributed by atoms with Gasteiger partial charge in [0.05, 0.1) is 6.61 Å². The molecule has 2 aromatic rings. The monoisotopic (exact) mass is 400 g/mol. The molecular formula is C20H20N2O5S. The summed E-state index contributed by atoms with van der Waals surface area (Å²) in [6.45, 7) is 0.105. The van der Waals surface area contributed by atoms with Gasteiger partial charge in [0.25, 0.3) is 5.91 Å². The zero-order valence-corrected chi connectivity index (χ0v) is 16.0. The Kier molecular flexibility index (Phi) is 6.33. The highest BCUT2D eigenvalue weighted by atomic mass is 32.2. The van der Waals surface area contributed by atoms with Crippen molar-refractivity contribution in [1.29, 1.82) is 0 Å². The summed E-state index contributed by atoms with van der Waals surface area (Å²) in [4.78, 5) is 35.2. The molecule has 28 heavy (non-hydrogen) atoms. The molecule has 0 aliphatic heterocycles. The summed E-state index contributed by atoms with van der Waals surface area (Å²) in [6, 6.07) is 10.7. The number of aliphatic hydroxyl groups is 1. The van der Waals surface area contributed by atoms with E-state index < -0.39 is 6.09 Å². The molecule has 2 aromatic carbocycles. The maximum Gasteiger partial charge on any atom is 0.417 e. The maximum absolute atomic E-state index is 12.3. The van der Waals surface area contributed by atoms with Crippen LogP contribution in [-0.4, -0.2) is 49.4 Å². The molecule has 8 heteroatoms. The molecule has 1 unspecified atom stereocenters. The summed E-state index contributed by atoms with van der Waals surface area (Å²) in [5.74, 6) is -0.579.